The van der Waals surface area contributed by atoms with E-state index in [-0.39, 0.29) is 17.9 Å². The first-order valence-electron chi connectivity index (χ1n) is 6.28. The number of amides is 1. The average Bonchev–Trinajstić information content (AvgIpc) is 2.39. The van der Waals surface area contributed by atoms with Gasteiger partial charge in [0, 0.05) is 17.6 Å². The number of nitrogens with two attached hydrogens (primary N) is 1. The zero-order valence-electron chi connectivity index (χ0n) is 10.8. The SMILES string of the molecule is CC1CCC(C(N)=O)CN1c1cc(Cl)ccc1C#N. The number of halogens is 1. The van der Waals surface area contributed by atoms with Gasteiger partial charge in [-0.15, -0.1) is 0 Å². The molecule has 2 N–H and O–H groups in total. The Bertz CT molecular complexity index is 538. The van der Waals surface area contributed by atoms with Crippen LogP contribution in [0, 0.1) is 17.2 Å². The molecular formula is C14H16ClN3O. The molecule has 19 heavy (non-hydrogen) atoms. The second kappa shape index (κ2) is 5.50. The number of piperidine rings is 1. The van der Waals surface area contributed by atoms with Gasteiger partial charge in [0.25, 0.3) is 0 Å². The Morgan fingerprint density at radius 2 is 2.26 bits per heavy atom. The minimum absolute atomic E-state index is 0.165. The van der Waals surface area contributed by atoms with Crippen molar-refractivity contribution in [3.05, 3.63) is 28.8 Å². The standard InChI is InChI=1S/C14H16ClN3O/c1-9-2-3-11(14(17)19)8-18(9)13-6-12(15)5-4-10(13)7-16/h4-6,9,11H,2-3,8H2,1H3,(H2,17,19). The molecule has 1 amide bonds. The third kappa shape index (κ3) is 2.82. The van der Waals surface area contributed by atoms with Crippen molar-refractivity contribution in [1.29, 1.82) is 5.26 Å². The minimum atomic E-state index is -0.280. The molecular weight excluding hydrogens is 262 g/mol. The third-order valence-corrected chi connectivity index (χ3v) is 3.91. The number of hydrogen-bond acceptors (Lipinski definition) is 3. The van der Waals surface area contributed by atoms with Crippen LogP contribution < -0.4 is 10.6 Å². The topological polar surface area (TPSA) is 70.1 Å². The molecule has 1 saturated heterocycles. The molecule has 0 radical (unpaired) electrons. The molecule has 1 aromatic carbocycles. The van der Waals surface area contributed by atoms with Gasteiger partial charge in [-0.3, -0.25) is 4.79 Å². The van der Waals surface area contributed by atoms with Gasteiger partial charge < -0.3 is 10.6 Å². The van der Waals surface area contributed by atoms with Crippen molar-refractivity contribution in [3.8, 4) is 6.07 Å². The maximum atomic E-state index is 11.4. The predicted octanol–water partition coefficient (Wildman–Crippen LogP) is 2.30. The van der Waals surface area contributed by atoms with Gasteiger partial charge in [0.05, 0.1) is 17.2 Å². The van der Waals surface area contributed by atoms with Gasteiger partial charge in [-0.25, -0.2) is 0 Å². The highest BCUT2D eigenvalue weighted by molar-refractivity contribution is 6.30. The number of nitriles is 1. The molecule has 2 atom stereocenters. The zero-order chi connectivity index (χ0) is 14.0. The molecule has 1 aliphatic heterocycles. The smallest absolute Gasteiger partial charge is 0.222 e. The molecule has 0 saturated carbocycles. The lowest BCUT2D eigenvalue weighted by atomic mass is 9.92. The minimum Gasteiger partial charge on any atom is -0.369 e. The highest BCUT2D eigenvalue weighted by Crippen LogP contribution is 2.31. The van der Waals surface area contributed by atoms with E-state index in [2.05, 4.69) is 17.9 Å². The molecule has 100 valence electrons. The Morgan fingerprint density at radius 1 is 1.53 bits per heavy atom. The van der Waals surface area contributed by atoms with Gasteiger partial charge in [-0.1, -0.05) is 11.6 Å². The van der Waals surface area contributed by atoms with E-state index in [9.17, 15) is 10.1 Å². The van der Waals surface area contributed by atoms with Gasteiger partial charge >= 0.3 is 0 Å². The monoisotopic (exact) mass is 277 g/mol. The van der Waals surface area contributed by atoms with Crippen LogP contribution in [0.2, 0.25) is 5.02 Å². The van der Waals surface area contributed by atoms with E-state index in [1.165, 1.54) is 0 Å². The molecule has 2 rings (SSSR count). The van der Waals surface area contributed by atoms with Gasteiger partial charge in [0.1, 0.15) is 6.07 Å². The zero-order valence-corrected chi connectivity index (χ0v) is 11.5. The Balaban J connectivity index is 2.36. The second-order valence-electron chi connectivity index (χ2n) is 4.95. The van der Waals surface area contributed by atoms with Gasteiger partial charge in [0.15, 0.2) is 0 Å². The van der Waals surface area contributed by atoms with Crippen molar-refractivity contribution >= 4 is 23.2 Å². The van der Waals surface area contributed by atoms with Crippen molar-refractivity contribution in [2.24, 2.45) is 11.7 Å². The lowest BCUT2D eigenvalue weighted by Crippen LogP contribution is -2.46. The van der Waals surface area contributed by atoms with Crippen molar-refractivity contribution in [1.82, 2.24) is 0 Å². The van der Waals surface area contributed by atoms with Crippen molar-refractivity contribution in [2.75, 3.05) is 11.4 Å². The van der Waals surface area contributed by atoms with Crippen LogP contribution in [0.5, 0.6) is 0 Å². The summed E-state index contributed by atoms with van der Waals surface area (Å²) in [5.74, 6) is -0.445. The van der Waals surface area contributed by atoms with Crippen LogP contribution in [0.25, 0.3) is 0 Å². The van der Waals surface area contributed by atoms with Crippen LogP contribution in [-0.2, 0) is 4.79 Å². The van der Waals surface area contributed by atoms with Crippen molar-refractivity contribution in [3.63, 3.8) is 0 Å². The molecule has 1 aromatic rings. The summed E-state index contributed by atoms with van der Waals surface area (Å²) in [5, 5.41) is 9.78. The normalized spacial score (nSPS) is 22.9. The summed E-state index contributed by atoms with van der Waals surface area (Å²) < 4.78 is 0. The number of carbonyl (C=O) groups is 1. The van der Waals surface area contributed by atoms with Crippen LogP contribution >= 0.6 is 11.6 Å². The van der Waals surface area contributed by atoms with E-state index in [0.717, 1.165) is 18.5 Å². The van der Waals surface area contributed by atoms with Gasteiger partial charge in [-0.2, -0.15) is 5.26 Å². The molecule has 0 spiro atoms. The molecule has 0 bridgehead atoms. The Hall–Kier alpha value is -1.73. The summed E-state index contributed by atoms with van der Waals surface area (Å²) in [6.07, 6.45) is 1.68. The summed E-state index contributed by atoms with van der Waals surface area (Å²) in [6, 6.07) is 7.62. The first kappa shape index (κ1) is 13.7. The Labute approximate surface area is 117 Å². The van der Waals surface area contributed by atoms with Crippen LogP contribution in [0.4, 0.5) is 5.69 Å². The fourth-order valence-electron chi connectivity index (χ4n) is 2.51. The molecule has 2 unspecified atom stereocenters. The summed E-state index contributed by atoms with van der Waals surface area (Å²) in [6.45, 7) is 2.63. The molecule has 5 heteroatoms. The van der Waals surface area contributed by atoms with Crippen LogP contribution in [0.1, 0.15) is 25.3 Å². The van der Waals surface area contributed by atoms with Crippen LogP contribution in [0.15, 0.2) is 18.2 Å². The average molecular weight is 278 g/mol. The third-order valence-electron chi connectivity index (χ3n) is 3.67. The largest absolute Gasteiger partial charge is 0.369 e. The van der Waals surface area contributed by atoms with E-state index in [0.29, 0.717) is 17.1 Å². The molecule has 4 nitrogen and oxygen atoms in total. The summed E-state index contributed by atoms with van der Waals surface area (Å²) in [7, 11) is 0. The van der Waals surface area contributed by atoms with Crippen LogP contribution in [-0.4, -0.2) is 18.5 Å². The number of primary amides is 1. The Morgan fingerprint density at radius 3 is 2.89 bits per heavy atom. The van der Waals surface area contributed by atoms with E-state index < -0.39 is 0 Å². The number of anilines is 1. The molecule has 0 aromatic heterocycles. The maximum Gasteiger partial charge on any atom is 0.222 e. The lowest BCUT2D eigenvalue weighted by molar-refractivity contribution is -0.122. The van der Waals surface area contributed by atoms with Crippen LogP contribution in [0.3, 0.4) is 0 Å². The van der Waals surface area contributed by atoms with Crippen molar-refractivity contribution < 1.29 is 4.79 Å². The fourth-order valence-corrected chi connectivity index (χ4v) is 2.68. The first-order chi connectivity index (χ1) is 9.02. The summed E-state index contributed by atoms with van der Waals surface area (Å²) in [5.41, 5.74) is 6.75. The summed E-state index contributed by atoms with van der Waals surface area (Å²) >= 11 is 6.01. The van der Waals surface area contributed by atoms with E-state index in [4.69, 9.17) is 17.3 Å². The highest BCUT2D eigenvalue weighted by atomic mass is 35.5. The molecule has 0 aliphatic carbocycles. The Kier molecular flexibility index (Phi) is 3.96. The van der Waals surface area contributed by atoms with Crippen molar-refractivity contribution in [2.45, 2.75) is 25.8 Å². The first-order valence-corrected chi connectivity index (χ1v) is 6.66. The molecule has 1 fully saturated rings. The van der Waals surface area contributed by atoms with E-state index >= 15 is 0 Å². The number of carbonyl (C=O) groups excluding carboxylic acids is 1. The second-order valence-corrected chi connectivity index (χ2v) is 5.39. The maximum absolute atomic E-state index is 11.4. The number of benzene rings is 1. The number of rotatable bonds is 2. The summed E-state index contributed by atoms with van der Waals surface area (Å²) in [4.78, 5) is 13.4. The quantitative estimate of drug-likeness (QED) is 0.902. The molecule has 1 heterocycles. The van der Waals surface area contributed by atoms with E-state index in [1.807, 2.05) is 0 Å². The number of hydrogen-bond donors (Lipinski definition) is 1. The predicted molar refractivity (Wildman–Crippen MR) is 74.9 cm³/mol. The van der Waals surface area contributed by atoms with Gasteiger partial charge in [0.2, 0.25) is 5.91 Å². The van der Waals surface area contributed by atoms with Gasteiger partial charge in [-0.05, 0) is 38.0 Å². The molecule has 1 aliphatic rings. The lowest BCUT2D eigenvalue weighted by Gasteiger charge is -2.39. The fraction of sp³-hybridized carbons (Fsp3) is 0.429. The van der Waals surface area contributed by atoms with E-state index in [1.54, 1.807) is 18.2 Å². The highest BCUT2D eigenvalue weighted by Gasteiger charge is 2.29. The number of nitrogens with zero attached hydrogens (tertiary/aromatic N) is 2.